The van der Waals surface area contributed by atoms with Crippen LogP contribution in [0.15, 0.2) is 30.3 Å². The van der Waals surface area contributed by atoms with E-state index < -0.39 is 0 Å². The molecule has 0 saturated heterocycles. The Morgan fingerprint density at radius 1 is 1.30 bits per heavy atom. The van der Waals surface area contributed by atoms with Crippen molar-refractivity contribution in [1.29, 1.82) is 0 Å². The Morgan fingerprint density at radius 3 is 2.40 bits per heavy atom. The standard InChI is InChI=1S/C16H27N3O/c1-16(2,12-19(3)4)11-18-15(20)14(10-17)13-8-6-5-7-9-13/h5-9,14H,10-12,17H2,1-4H3,(H,18,20). The summed E-state index contributed by atoms with van der Waals surface area (Å²) in [5.74, 6) is -0.267. The summed E-state index contributed by atoms with van der Waals surface area (Å²) in [4.78, 5) is 14.4. The van der Waals surface area contributed by atoms with Gasteiger partial charge in [0.2, 0.25) is 5.91 Å². The van der Waals surface area contributed by atoms with Crippen LogP contribution in [0.2, 0.25) is 0 Å². The molecule has 1 unspecified atom stereocenters. The fourth-order valence-corrected chi connectivity index (χ4v) is 2.44. The van der Waals surface area contributed by atoms with Crippen LogP contribution in [0.1, 0.15) is 25.3 Å². The minimum atomic E-state index is -0.272. The van der Waals surface area contributed by atoms with Crippen molar-refractivity contribution in [2.45, 2.75) is 19.8 Å². The molecule has 0 spiro atoms. The summed E-state index contributed by atoms with van der Waals surface area (Å²) >= 11 is 0. The molecular formula is C16H27N3O. The molecule has 0 saturated carbocycles. The third-order valence-electron chi connectivity index (χ3n) is 3.24. The maximum atomic E-state index is 12.3. The van der Waals surface area contributed by atoms with Crippen molar-refractivity contribution in [3.05, 3.63) is 35.9 Å². The van der Waals surface area contributed by atoms with Gasteiger partial charge in [-0.1, -0.05) is 44.2 Å². The number of hydrogen-bond acceptors (Lipinski definition) is 3. The number of nitrogens with one attached hydrogen (secondary N) is 1. The van der Waals surface area contributed by atoms with Crippen LogP contribution >= 0.6 is 0 Å². The predicted molar refractivity (Wildman–Crippen MR) is 83.6 cm³/mol. The number of carbonyl (C=O) groups is 1. The second-order valence-electron chi connectivity index (χ2n) is 6.32. The van der Waals surface area contributed by atoms with Gasteiger partial charge in [-0.2, -0.15) is 0 Å². The maximum absolute atomic E-state index is 12.3. The molecule has 1 amide bonds. The summed E-state index contributed by atoms with van der Waals surface area (Å²) in [5, 5.41) is 3.03. The van der Waals surface area contributed by atoms with Crippen LogP contribution < -0.4 is 11.1 Å². The molecule has 0 fully saturated rings. The second-order valence-corrected chi connectivity index (χ2v) is 6.32. The van der Waals surface area contributed by atoms with Gasteiger partial charge in [-0.3, -0.25) is 4.79 Å². The highest BCUT2D eigenvalue weighted by Crippen LogP contribution is 2.17. The van der Waals surface area contributed by atoms with Crippen molar-refractivity contribution >= 4 is 5.91 Å². The van der Waals surface area contributed by atoms with Crippen LogP contribution in [0.4, 0.5) is 0 Å². The monoisotopic (exact) mass is 277 g/mol. The first-order chi connectivity index (χ1) is 9.35. The van der Waals surface area contributed by atoms with Crippen LogP contribution in [0.5, 0.6) is 0 Å². The Labute approximate surface area is 122 Å². The molecule has 3 N–H and O–H groups in total. The van der Waals surface area contributed by atoms with E-state index in [1.54, 1.807) is 0 Å². The molecule has 0 bridgehead atoms. The summed E-state index contributed by atoms with van der Waals surface area (Å²) in [6.45, 7) is 6.18. The zero-order valence-electron chi connectivity index (χ0n) is 13.0. The van der Waals surface area contributed by atoms with Gasteiger partial charge in [0, 0.05) is 19.6 Å². The Balaban J connectivity index is 2.61. The predicted octanol–water partition coefficient (Wildman–Crippen LogP) is 1.43. The Kier molecular flexibility index (Phi) is 6.17. The molecule has 0 aliphatic carbocycles. The topological polar surface area (TPSA) is 58.4 Å². The van der Waals surface area contributed by atoms with Crippen LogP contribution in [-0.4, -0.2) is 44.5 Å². The summed E-state index contributed by atoms with van der Waals surface area (Å²) in [7, 11) is 4.08. The third-order valence-corrected chi connectivity index (χ3v) is 3.24. The van der Waals surface area contributed by atoms with Crippen LogP contribution in [-0.2, 0) is 4.79 Å². The van der Waals surface area contributed by atoms with Gasteiger partial charge in [0.1, 0.15) is 0 Å². The molecule has 0 aliphatic rings. The number of hydrogen-bond donors (Lipinski definition) is 2. The van der Waals surface area contributed by atoms with E-state index in [4.69, 9.17) is 5.73 Å². The fraction of sp³-hybridized carbons (Fsp3) is 0.562. The number of carbonyl (C=O) groups excluding carboxylic acids is 1. The van der Waals surface area contributed by atoms with Gasteiger partial charge in [-0.25, -0.2) is 0 Å². The van der Waals surface area contributed by atoms with Crippen molar-refractivity contribution in [2.24, 2.45) is 11.1 Å². The highest BCUT2D eigenvalue weighted by Gasteiger charge is 2.23. The van der Waals surface area contributed by atoms with Crippen LogP contribution in [0.25, 0.3) is 0 Å². The lowest BCUT2D eigenvalue weighted by molar-refractivity contribution is -0.122. The number of rotatable bonds is 7. The lowest BCUT2D eigenvalue weighted by atomic mass is 9.92. The number of amides is 1. The van der Waals surface area contributed by atoms with E-state index in [-0.39, 0.29) is 17.2 Å². The van der Waals surface area contributed by atoms with Crippen LogP contribution in [0, 0.1) is 5.41 Å². The van der Waals surface area contributed by atoms with E-state index in [2.05, 4.69) is 24.1 Å². The second kappa shape index (κ2) is 7.41. The zero-order chi connectivity index (χ0) is 15.2. The highest BCUT2D eigenvalue weighted by molar-refractivity contribution is 5.83. The van der Waals surface area contributed by atoms with Crippen molar-refractivity contribution in [3.8, 4) is 0 Å². The average molecular weight is 277 g/mol. The minimum Gasteiger partial charge on any atom is -0.355 e. The van der Waals surface area contributed by atoms with E-state index in [1.165, 1.54) is 0 Å². The lowest BCUT2D eigenvalue weighted by Crippen LogP contribution is -2.42. The van der Waals surface area contributed by atoms with Crippen molar-refractivity contribution < 1.29 is 4.79 Å². The summed E-state index contributed by atoms with van der Waals surface area (Å²) in [6, 6.07) is 9.70. The molecule has 4 heteroatoms. The molecule has 0 aliphatic heterocycles. The van der Waals surface area contributed by atoms with Crippen molar-refractivity contribution in [1.82, 2.24) is 10.2 Å². The molecule has 20 heavy (non-hydrogen) atoms. The first-order valence-corrected chi connectivity index (χ1v) is 7.03. The van der Waals surface area contributed by atoms with Crippen molar-refractivity contribution in [3.63, 3.8) is 0 Å². The molecule has 1 aromatic carbocycles. The Morgan fingerprint density at radius 2 is 1.90 bits per heavy atom. The summed E-state index contributed by atoms with van der Waals surface area (Å²) in [6.07, 6.45) is 0. The number of nitrogens with two attached hydrogens (primary N) is 1. The molecular weight excluding hydrogens is 250 g/mol. The van der Waals surface area contributed by atoms with Crippen molar-refractivity contribution in [2.75, 3.05) is 33.7 Å². The van der Waals surface area contributed by atoms with Gasteiger partial charge in [0.15, 0.2) is 0 Å². The third kappa shape index (κ3) is 5.31. The van der Waals surface area contributed by atoms with Gasteiger partial charge in [0.05, 0.1) is 5.92 Å². The minimum absolute atomic E-state index is 0.00512. The Hall–Kier alpha value is -1.39. The fourth-order valence-electron chi connectivity index (χ4n) is 2.44. The van der Waals surface area contributed by atoms with E-state index in [1.807, 2.05) is 44.4 Å². The quantitative estimate of drug-likeness (QED) is 0.793. The van der Waals surface area contributed by atoms with Gasteiger partial charge in [-0.05, 0) is 25.1 Å². The van der Waals surface area contributed by atoms with Gasteiger partial charge in [0.25, 0.3) is 0 Å². The molecule has 0 aromatic heterocycles. The number of nitrogens with zero attached hydrogens (tertiary/aromatic N) is 1. The molecule has 0 radical (unpaired) electrons. The lowest BCUT2D eigenvalue weighted by Gasteiger charge is -2.29. The number of benzene rings is 1. The van der Waals surface area contributed by atoms with Gasteiger partial charge >= 0.3 is 0 Å². The van der Waals surface area contributed by atoms with E-state index in [0.29, 0.717) is 13.1 Å². The summed E-state index contributed by atoms with van der Waals surface area (Å²) in [5.41, 5.74) is 6.76. The first kappa shape index (κ1) is 16.7. The summed E-state index contributed by atoms with van der Waals surface area (Å²) < 4.78 is 0. The molecule has 0 heterocycles. The van der Waals surface area contributed by atoms with Gasteiger partial charge in [-0.15, -0.1) is 0 Å². The largest absolute Gasteiger partial charge is 0.355 e. The maximum Gasteiger partial charge on any atom is 0.228 e. The first-order valence-electron chi connectivity index (χ1n) is 7.03. The van der Waals surface area contributed by atoms with Crippen LogP contribution in [0.3, 0.4) is 0 Å². The highest BCUT2D eigenvalue weighted by atomic mass is 16.1. The molecule has 112 valence electrons. The van der Waals surface area contributed by atoms with E-state index in [0.717, 1.165) is 12.1 Å². The SMILES string of the molecule is CN(C)CC(C)(C)CNC(=O)C(CN)c1ccccc1. The molecule has 1 atom stereocenters. The Bertz CT molecular complexity index is 415. The molecule has 1 aromatic rings. The molecule has 4 nitrogen and oxygen atoms in total. The normalized spacial score (nSPS) is 13.3. The smallest absolute Gasteiger partial charge is 0.228 e. The van der Waals surface area contributed by atoms with Gasteiger partial charge < -0.3 is 16.0 Å². The molecule has 1 rings (SSSR count). The average Bonchev–Trinajstić information content (AvgIpc) is 2.37. The van der Waals surface area contributed by atoms with E-state index in [9.17, 15) is 4.79 Å². The zero-order valence-corrected chi connectivity index (χ0v) is 13.0. The van der Waals surface area contributed by atoms with E-state index >= 15 is 0 Å².